The fourth-order valence-corrected chi connectivity index (χ4v) is 5.00. The fraction of sp³-hybridized carbons (Fsp3) is 0.412. The maximum absolute atomic E-state index is 13.8. The Kier molecular flexibility index (Phi) is 14.8. The molecule has 0 aliphatic carbocycles. The first-order chi connectivity index (χ1) is 20.1. The van der Waals surface area contributed by atoms with Gasteiger partial charge in [0.15, 0.2) is 0 Å². The zero-order chi connectivity index (χ0) is 30.6. The van der Waals surface area contributed by atoms with Crippen molar-refractivity contribution in [1.29, 1.82) is 0 Å². The average molecular weight is 616 g/mol. The van der Waals surface area contributed by atoms with Crippen molar-refractivity contribution in [3.63, 3.8) is 0 Å². The number of aryl methyl sites for hydroxylation is 2. The smallest absolute Gasteiger partial charge is 0.338 e. The van der Waals surface area contributed by atoms with Crippen LogP contribution in [-0.4, -0.2) is 48.6 Å². The summed E-state index contributed by atoms with van der Waals surface area (Å²) in [6.45, 7) is 9.96. The van der Waals surface area contributed by atoms with Crippen LogP contribution in [0.1, 0.15) is 76.6 Å². The summed E-state index contributed by atoms with van der Waals surface area (Å²) in [4.78, 5) is 28.5. The maximum atomic E-state index is 13.8. The molecule has 0 unspecified atom stereocenters. The summed E-state index contributed by atoms with van der Waals surface area (Å²) in [5.74, 6) is -2.15. The van der Waals surface area contributed by atoms with Crippen molar-refractivity contribution in [3.8, 4) is 0 Å². The van der Waals surface area contributed by atoms with Gasteiger partial charge in [0, 0.05) is 43.9 Å². The van der Waals surface area contributed by atoms with Crippen LogP contribution in [0, 0.1) is 18.6 Å². The van der Waals surface area contributed by atoms with Gasteiger partial charge in [0.1, 0.15) is 17.7 Å². The number of carbonyl (C=O) groups is 2. The van der Waals surface area contributed by atoms with Crippen LogP contribution in [0.3, 0.4) is 0 Å². The third-order valence-corrected chi connectivity index (χ3v) is 7.04. The van der Waals surface area contributed by atoms with Gasteiger partial charge in [0.05, 0.1) is 5.56 Å². The predicted molar refractivity (Wildman–Crippen MR) is 170 cm³/mol. The molecule has 3 N–H and O–H groups in total. The van der Waals surface area contributed by atoms with Crippen LogP contribution in [0.5, 0.6) is 0 Å². The molecule has 3 aromatic carbocycles. The van der Waals surface area contributed by atoms with Gasteiger partial charge in [0.25, 0.3) is 5.91 Å². The lowest BCUT2D eigenvalue weighted by atomic mass is 10.0. The molecule has 2 atom stereocenters. The van der Waals surface area contributed by atoms with E-state index in [2.05, 4.69) is 24.4 Å². The monoisotopic (exact) mass is 615 g/mol. The minimum Gasteiger partial charge on any atom is -0.456 e. The normalized spacial score (nSPS) is 12.3. The van der Waals surface area contributed by atoms with E-state index in [0.717, 1.165) is 36.5 Å². The van der Waals surface area contributed by atoms with Crippen molar-refractivity contribution >= 4 is 24.3 Å². The number of nitrogens with one attached hydrogen (secondary N) is 1. The number of nitrogens with zero attached hydrogens (tertiary/aromatic N) is 1. The van der Waals surface area contributed by atoms with Gasteiger partial charge < -0.3 is 20.7 Å². The number of carbonyl (C=O) groups excluding carboxylic acids is 2. The van der Waals surface area contributed by atoms with Crippen LogP contribution in [0.4, 0.5) is 8.78 Å². The van der Waals surface area contributed by atoms with E-state index in [4.69, 9.17) is 10.5 Å². The van der Waals surface area contributed by atoms with Crippen LogP contribution in [0.15, 0.2) is 60.7 Å². The van der Waals surface area contributed by atoms with Crippen molar-refractivity contribution in [1.82, 2.24) is 10.2 Å². The first-order valence-corrected chi connectivity index (χ1v) is 14.7. The lowest BCUT2D eigenvalue weighted by Crippen LogP contribution is -2.46. The van der Waals surface area contributed by atoms with Crippen LogP contribution in [0.25, 0.3) is 0 Å². The Balaban J connectivity index is 0.00000645. The molecule has 3 rings (SSSR count). The number of hydrogen-bond donors (Lipinski definition) is 2. The molecule has 0 spiro atoms. The predicted octanol–water partition coefficient (Wildman–Crippen LogP) is 6.40. The largest absolute Gasteiger partial charge is 0.456 e. The third-order valence-electron chi connectivity index (χ3n) is 7.04. The summed E-state index contributed by atoms with van der Waals surface area (Å²) in [7, 11) is 0. The maximum Gasteiger partial charge on any atom is 0.338 e. The molecular weight excluding hydrogens is 572 g/mol. The van der Waals surface area contributed by atoms with E-state index in [0.29, 0.717) is 30.8 Å². The molecule has 9 heteroatoms. The molecular formula is C34H44ClF2N3O3. The number of benzene rings is 3. The van der Waals surface area contributed by atoms with E-state index < -0.39 is 29.7 Å². The highest BCUT2D eigenvalue weighted by atomic mass is 35.5. The highest BCUT2D eigenvalue weighted by Gasteiger charge is 2.25. The minimum atomic E-state index is -0.811. The highest BCUT2D eigenvalue weighted by Crippen LogP contribution is 2.17. The summed E-state index contributed by atoms with van der Waals surface area (Å²) < 4.78 is 33.6. The minimum absolute atomic E-state index is 0. The summed E-state index contributed by atoms with van der Waals surface area (Å²) in [6.07, 6.45) is 1.86. The van der Waals surface area contributed by atoms with Gasteiger partial charge in [-0.25, -0.2) is 13.6 Å². The van der Waals surface area contributed by atoms with Gasteiger partial charge >= 0.3 is 5.97 Å². The summed E-state index contributed by atoms with van der Waals surface area (Å²) in [5.41, 5.74) is 10.6. The van der Waals surface area contributed by atoms with E-state index in [1.807, 2.05) is 32.9 Å². The zero-order valence-corrected chi connectivity index (χ0v) is 26.3. The van der Waals surface area contributed by atoms with E-state index in [9.17, 15) is 18.4 Å². The summed E-state index contributed by atoms with van der Waals surface area (Å²) in [5, 5.41) is 3.32. The SMILES string of the molecule is CCCN(CCC)C(=O)c1cc(C)cc(C(=O)O[C@H](CNCc2cccc(CC)c2)[C@@H](N)Cc2cc(F)cc(F)c2)c1.Cl. The topological polar surface area (TPSA) is 84.7 Å². The molecule has 3 aromatic rings. The molecule has 43 heavy (non-hydrogen) atoms. The lowest BCUT2D eigenvalue weighted by molar-refractivity contribution is 0.0238. The molecule has 0 saturated carbocycles. The Morgan fingerprint density at radius 2 is 1.51 bits per heavy atom. The van der Waals surface area contributed by atoms with Gasteiger partial charge in [-0.15, -0.1) is 12.4 Å². The number of nitrogens with two attached hydrogens (primary N) is 1. The molecule has 0 bridgehead atoms. The molecule has 0 aliphatic rings. The van der Waals surface area contributed by atoms with Crippen molar-refractivity contribution in [2.45, 2.75) is 72.1 Å². The van der Waals surface area contributed by atoms with Gasteiger partial charge in [-0.3, -0.25) is 4.79 Å². The quantitative estimate of drug-likeness (QED) is 0.193. The molecule has 0 saturated heterocycles. The van der Waals surface area contributed by atoms with Crippen LogP contribution in [0.2, 0.25) is 0 Å². The van der Waals surface area contributed by atoms with E-state index in [-0.39, 0.29) is 36.8 Å². The Morgan fingerprint density at radius 3 is 2.14 bits per heavy atom. The summed E-state index contributed by atoms with van der Waals surface area (Å²) in [6, 6.07) is 15.7. The van der Waals surface area contributed by atoms with E-state index in [1.54, 1.807) is 23.1 Å². The number of halogens is 3. The molecule has 234 valence electrons. The van der Waals surface area contributed by atoms with Crippen molar-refractivity contribution < 1.29 is 23.1 Å². The zero-order valence-electron chi connectivity index (χ0n) is 25.5. The standard InChI is InChI=1S/C34H43F2N3O3.ClH/c1-5-11-39(12-6-2)33(40)27-13-23(4)14-28(19-27)34(41)42-32(22-38-21-25-10-8-9-24(7-3)15-25)31(37)18-26-16-29(35)20-30(36)17-26;/h8-10,13-17,19-20,31-32,38H,5-7,11-12,18,21-22,37H2,1-4H3;1H/t31-,32+;/m0./s1. The van der Waals surface area contributed by atoms with Gasteiger partial charge in [-0.1, -0.05) is 45.0 Å². The van der Waals surface area contributed by atoms with Crippen molar-refractivity contribution in [2.24, 2.45) is 5.73 Å². The molecule has 0 heterocycles. The summed E-state index contributed by atoms with van der Waals surface area (Å²) >= 11 is 0. The first kappa shape index (κ1) is 35.9. The Labute approximate surface area is 260 Å². The first-order valence-electron chi connectivity index (χ1n) is 14.7. The second-order valence-electron chi connectivity index (χ2n) is 10.8. The van der Waals surface area contributed by atoms with Crippen LogP contribution < -0.4 is 11.1 Å². The number of hydrogen-bond acceptors (Lipinski definition) is 5. The molecule has 0 radical (unpaired) electrons. The number of amides is 1. The molecule has 0 aliphatic heterocycles. The molecule has 0 fully saturated rings. The van der Waals surface area contributed by atoms with Gasteiger partial charge in [0.2, 0.25) is 0 Å². The van der Waals surface area contributed by atoms with Gasteiger partial charge in [-0.2, -0.15) is 0 Å². The van der Waals surface area contributed by atoms with Gasteiger partial charge in [-0.05, 0) is 85.2 Å². The highest BCUT2D eigenvalue weighted by molar-refractivity contribution is 5.98. The van der Waals surface area contributed by atoms with Crippen LogP contribution >= 0.6 is 12.4 Å². The fourth-order valence-electron chi connectivity index (χ4n) is 5.00. The van der Waals surface area contributed by atoms with Crippen molar-refractivity contribution in [3.05, 3.63) is 106 Å². The molecule has 6 nitrogen and oxygen atoms in total. The Morgan fingerprint density at radius 1 is 0.884 bits per heavy atom. The second kappa shape index (κ2) is 17.7. The van der Waals surface area contributed by atoms with Crippen molar-refractivity contribution in [2.75, 3.05) is 19.6 Å². The number of rotatable bonds is 15. The number of esters is 1. The number of ether oxygens (including phenoxy) is 1. The molecule has 0 aromatic heterocycles. The Bertz CT molecular complexity index is 1330. The third kappa shape index (κ3) is 11.0. The second-order valence-corrected chi connectivity index (χ2v) is 10.8. The molecule has 1 amide bonds. The Hall–Kier alpha value is -3.33. The van der Waals surface area contributed by atoms with Crippen LogP contribution in [-0.2, 0) is 24.1 Å². The average Bonchev–Trinajstić information content (AvgIpc) is 2.95. The van der Waals surface area contributed by atoms with E-state index >= 15 is 0 Å². The van der Waals surface area contributed by atoms with E-state index in [1.165, 1.54) is 17.7 Å². The lowest BCUT2D eigenvalue weighted by Gasteiger charge is -2.25.